The number of nitrogen functional groups attached to an aromatic ring is 1. The van der Waals surface area contributed by atoms with Gasteiger partial charge in [0.1, 0.15) is 10.9 Å². The quantitative estimate of drug-likeness (QED) is 0.805. The normalized spacial score (nSPS) is 10.0. The summed E-state index contributed by atoms with van der Waals surface area (Å²) in [5.41, 5.74) is 9.15. The minimum atomic E-state index is 0.589. The number of anilines is 1. The van der Waals surface area contributed by atoms with Crippen molar-refractivity contribution in [2.45, 2.75) is 6.92 Å². The van der Waals surface area contributed by atoms with E-state index in [1.165, 1.54) is 11.3 Å². The Morgan fingerprint density at radius 2 is 2.36 bits per heavy atom. The number of aromatic nitrogens is 1. The Balaban J connectivity index is 2.62. The number of nitrogens with two attached hydrogens (primary N) is 1. The van der Waals surface area contributed by atoms with E-state index in [0.29, 0.717) is 10.6 Å². The standard InChI is InChI=1S/C9H7N3S2/c1-5-8(11)6(2-10)14-9(5)7-3-12-4-13-7/h3-4H,11H2,1H3. The van der Waals surface area contributed by atoms with Crippen LogP contribution in [0.2, 0.25) is 0 Å². The molecule has 2 rings (SSSR count). The van der Waals surface area contributed by atoms with Gasteiger partial charge in [0, 0.05) is 6.20 Å². The lowest BCUT2D eigenvalue weighted by Gasteiger charge is -1.93. The fraction of sp³-hybridized carbons (Fsp3) is 0.111. The van der Waals surface area contributed by atoms with E-state index in [4.69, 9.17) is 11.0 Å². The van der Waals surface area contributed by atoms with Crippen LogP contribution in [0.3, 0.4) is 0 Å². The van der Waals surface area contributed by atoms with Crippen molar-refractivity contribution < 1.29 is 0 Å². The van der Waals surface area contributed by atoms with Gasteiger partial charge in [-0.1, -0.05) is 0 Å². The maximum atomic E-state index is 8.82. The Hall–Kier alpha value is -1.38. The lowest BCUT2D eigenvalue weighted by molar-refractivity contribution is 1.42. The number of thiazole rings is 1. The molecule has 2 aromatic rings. The van der Waals surface area contributed by atoms with Crippen LogP contribution >= 0.6 is 22.7 Å². The average molecular weight is 221 g/mol. The van der Waals surface area contributed by atoms with Crippen LogP contribution in [0.25, 0.3) is 9.75 Å². The first-order valence-electron chi connectivity index (χ1n) is 3.92. The van der Waals surface area contributed by atoms with Crippen molar-refractivity contribution in [2.75, 3.05) is 5.73 Å². The van der Waals surface area contributed by atoms with Crippen LogP contribution in [0.15, 0.2) is 11.7 Å². The molecule has 0 unspecified atom stereocenters. The van der Waals surface area contributed by atoms with Crippen LogP contribution < -0.4 is 5.73 Å². The van der Waals surface area contributed by atoms with Crippen molar-refractivity contribution >= 4 is 28.4 Å². The molecule has 0 spiro atoms. The second-order valence-electron chi connectivity index (χ2n) is 2.78. The highest BCUT2D eigenvalue weighted by Crippen LogP contribution is 2.38. The molecule has 0 saturated heterocycles. The molecule has 2 aromatic heterocycles. The maximum Gasteiger partial charge on any atom is 0.128 e. The summed E-state index contributed by atoms with van der Waals surface area (Å²) >= 11 is 2.99. The molecule has 0 aliphatic heterocycles. The molecule has 0 aliphatic rings. The van der Waals surface area contributed by atoms with Gasteiger partial charge in [0.15, 0.2) is 0 Å². The Labute approximate surface area is 89.5 Å². The monoisotopic (exact) mass is 221 g/mol. The summed E-state index contributed by atoms with van der Waals surface area (Å²) in [6.45, 7) is 1.93. The topological polar surface area (TPSA) is 62.7 Å². The SMILES string of the molecule is Cc1c(-c2cncs2)sc(C#N)c1N. The molecular formula is C9H7N3S2. The number of nitrogens with zero attached hydrogens (tertiary/aromatic N) is 2. The molecule has 0 bridgehead atoms. The molecule has 3 nitrogen and oxygen atoms in total. The van der Waals surface area contributed by atoms with Crippen LogP contribution in [0.4, 0.5) is 5.69 Å². The number of rotatable bonds is 1. The maximum absolute atomic E-state index is 8.82. The van der Waals surface area contributed by atoms with E-state index in [1.54, 1.807) is 23.0 Å². The molecule has 2 heterocycles. The summed E-state index contributed by atoms with van der Waals surface area (Å²) in [5, 5.41) is 8.82. The largest absolute Gasteiger partial charge is 0.397 e. The van der Waals surface area contributed by atoms with Gasteiger partial charge >= 0.3 is 0 Å². The zero-order chi connectivity index (χ0) is 10.1. The van der Waals surface area contributed by atoms with Crippen LogP contribution in [0.1, 0.15) is 10.4 Å². The highest BCUT2D eigenvalue weighted by molar-refractivity contribution is 7.22. The number of hydrogen-bond acceptors (Lipinski definition) is 5. The van der Waals surface area contributed by atoms with Crippen molar-refractivity contribution in [3.63, 3.8) is 0 Å². The Kier molecular flexibility index (Phi) is 2.23. The van der Waals surface area contributed by atoms with Gasteiger partial charge in [-0.25, -0.2) is 0 Å². The van der Waals surface area contributed by atoms with E-state index < -0.39 is 0 Å². The van der Waals surface area contributed by atoms with Gasteiger partial charge in [0.05, 0.1) is 21.0 Å². The molecule has 0 aliphatic carbocycles. The van der Waals surface area contributed by atoms with Crippen molar-refractivity contribution in [3.8, 4) is 15.8 Å². The zero-order valence-electron chi connectivity index (χ0n) is 7.44. The van der Waals surface area contributed by atoms with Gasteiger partial charge in [-0.05, 0) is 12.5 Å². The third-order valence-electron chi connectivity index (χ3n) is 1.95. The summed E-state index contributed by atoms with van der Waals surface area (Å²) in [7, 11) is 0. The predicted molar refractivity (Wildman–Crippen MR) is 59.3 cm³/mol. The van der Waals surface area contributed by atoms with Gasteiger partial charge in [-0.15, -0.1) is 22.7 Å². The summed E-state index contributed by atoms with van der Waals surface area (Å²) < 4.78 is 0. The van der Waals surface area contributed by atoms with E-state index in [2.05, 4.69) is 11.1 Å². The highest BCUT2D eigenvalue weighted by atomic mass is 32.1. The molecule has 2 N–H and O–H groups in total. The third-order valence-corrected chi connectivity index (χ3v) is 4.12. The number of hydrogen-bond donors (Lipinski definition) is 1. The molecule has 14 heavy (non-hydrogen) atoms. The predicted octanol–water partition coefficient (Wildman–Crippen LogP) is 2.63. The zero-order valence-corrected chi connectivity index (χ0v) is 9.08. The van der Waals surface area contributed by atoms with E-state index in [1.807, 2.05) is 6.92 Å². The van der Waals surface area contributed by atoms with E-state index in [-0.39, 0.29) is 0 Å². The molecule has 0 fully saturated rings. The first-order chi connectivity index (χ1) is 6.74. The third kappa shape index (κ3) is 1.29. The number of nitriles is 1. The molecule has 0 saturated carbocycles. The Morgan fingerprint density at radius 3 is 2.86 bits per heavy atom. The molecule has 70 valence electrons. The summed E-state index contributed by atoms with van der Waals surface area (Å²) in [6.07, 6.45) is 1.80. The lowest BCUT2D eigenvalue weighted by atomic mass is 10.2. The van der Waals surface area contributed by atoms with Crippen molar-refractivity contribution in [1.82, 2.24) is 4.98 Å². The van der Waals surface area contributed by atoms with Gasteiger partial charge in [-0.2, -0.15) is 5.26 Å². The number of thiophene rings is 1. The molecule has 0 amide bonds. The van der Waals surface area contributed by atoms with Gasteiger partial charge < -0.3 is 5.73 Å². The lowest BCUT2D eigenvalue weighted by Crippen LogP contribution is -1.86. The van der Waals surface area contributed by atoms with E-state index in [9.17, 15) is 0 Å². The smallest absolute Gasteiger partial charge is 0.128 e. The van der Waals surface area contributed by atoms with E-state index in [0.717, 1.165) is 15.3 Å². The fourth-order valence-corrected chi connectivity index (χ4v) is 2.99. The first kappa shape index (κ1) is 9.19. The fourth-order valence-electron chi connectivity index (χ4n) is 1.17. The average Bonchev–Trinajstić information content (AvgIpc) is 2.78. The van der Waals surface area contributed by atoms with Crippen LogP contribution in [-0.2, 0) is 0 Å². The second-order valence-corrected chi connectivity index (χ2v) is 4.68. The van der Waals surface area contributed by atoms with Crippen LogP contribution in [0.5, 0.6) is 0 Å². The summed E-state index contributed by atoms with van der Waals surface area (Å²) in [6, 6.07) is 2.10. The van der Waals surface area contributed by atoms with Gasteiger partial charge in [-0.3, -0.25) is 4.98 Å². The van der Waals surface area contributed by atoms with Crippen LogP contribution in [0, 0.1) is 18.3 Å². The molecule has 0 radical (unpaired) electrons. The van der Waals surface area contributed by atoms with Gasteiger partial charge in [0.2, 0.25) is 0 Å². The van der Waals surface area contributed by atoms with Crippen LogP contribution in [-0.4, -0.2) is 4.98 Å². The second kappa shape index (κ2) is 3.40. The van der Waals surface area contributed by atoms with Crippen molar-refractivity contribution in [3.05, 3.63) is 22.1 Å². The highest BCUT2D eigenvalue weighted by Gasteiger charge is 2.14. The van der Waals surface area contributed by atoms with E-state index >= 15 is 0 Å². The Morgan fingerprint density at radius 1 is 1.57 bits per heavy atom. The minimum absolute atomic E-state index is 0.589. The van der Waals surface area contributed by atoms with Crippen molar-refractivity contribution in [2.24, 2.45) is 0 Å². The summed E-state index contributed by atoms with van der Waals surface area (Å²) in [4.78, 5) is 6.72. The first-order valence-corrected chi connectivity index (χ1v) is 5.61. The molecule has 5 heteroatoms. The minimum Gasteiger partial charge on any atom is -0.397 e. The Bertz CT molecular complexity index is 491. The van der Waals surface area contributed by atoms with Gasteiger partial charge in [0.25, 0.3) is 0 Å². The summed E-state index contributed by atoms with van der Waals surface area (Å²) in [5.74, 6) is 0. The molecule has 0 aromatic carbocycles. The molecular weight excluding hydrogens is 214 g/mol. The van der Waals surface area contributed by atoms with Crippen molar-refractivity contribution in [1.29, 1.82) is 5.26 Å². The molecule has 0 atom stereocenters.